The van der Waals surface area contributed by atoms with Crippen LogP contribution < -0.4 is 30.3 Å². The standard InChI is InChI=1S/C23H28N2O5S/c1-13(26)25-17-7-5-14-11-20(28-2)22(29-3)23(30-4)21(14)15-6-8-18(24-9-10-31)19(27)12-16(15)17/h6,8,11-12,17,31H,5,7,9-10H2,1-4H3,(H,24,27)(H,25,26). The molecule has 0 fully saturated rings. The zero-order valence-electron chi connectivity index (χ0n) is 18.2. The summed E-state index contributed by atoms with van der Waals surface area (Å²) in [6, 6.07) is 6.87. The number of fused-ring (bicyclic) bond motifs is 3. The van der Waals surface area contributed by atoms with Gasteiger partial charge in [-0.2, -0.15) is 12.6 Å². The minimum absolute atomic E-state index is 0.152. The van der Waals surface area contributed by atoms with Crippen LogP contribution in [0, 0.1) is 0 Å². The number of amides is 1. The molecule has 0 heterocycles. The zero-order valence-corrected chi connectivity index (χ0v) is 19.1. The topological polar surface area (TPSA) is 85.9 Å². The highest BCUT2D eigenvalue weighted by atomic mass is 32.1. The van der Waals surface area contributed by atoms with Crippen molar-refractivity contribution in [2.24, 2.45) is 0 Å². The van der Waals surface area contributed by atoms with Gasteiger partial charge in [0.1, 0.15) is 0 Å². The van der Waals surface area contributed by atoms with Crippen LogP contribution >= 0.6 is 12.6 Å². The first-order valence-electron chi connectivity index (χ1n) is 10.1. The molecule has 2 aromatic carbocycles. The number of anilines is 1. The molecule has 2 N–H and O–H groups in total. The van der Waals surface area contributed by atoms with Crippen LogP contribution in [0.15, 0.2) is 29.1 Å². The molecule has 0 radical (unpaired) electrons. The Morgan fingerprint density at radius 1 is 1.13 bits per heavy atom. The minimum atomic E-state index is -0.320. The lowest BCUT2D eigenvalue weighted by Gasteiger charge is -2.19. The van der Waals surface area contributed by atoms with E-state index in [0.29, 0.717) is 48.1 Å². The highest BCUT2D eigenvalue weighted by Gasteiger charge is 2.29. The van der Waals surface area contributed by atoms with Crippen LogP contribution in [0.4, 0.5) is 5.69 Å². The molecule has 0 saturated carbocycles. The molecule has 1 amide bonds. The number of hydrogen-bond donors (Lipinski definition) is 3. The maximum Gasteiger partial charge on any atom is 0.217 e. The van der Waals surface area contributed by atoms with Gasteiger partial charge >= 0.3 is 0 Å². The number of carbonyl (C=O) groups excluding carboxylic acids is 1. The predicted molar refractivity (Wildman–Crippen MR) is 125 cm³/mol. The number of thiol groups is 1. The highest BCUT2D eigenvalue weighted by Crippen LogP contribution is 2.50. The highest BCUT2D eigenvalue weighted by molar-refractivity contribution is 7.80. The first kappa shape index (κ1) is 22.8. The summed E-state index contributed by atoms with van der Waals surface area (Å²) in [5.74, 6) is 2.02. The van der Waals surface area contributed by atoms with Gasteiger partial charge in [-0.05, 0) is 47.7 Å². The molecule has 31 heavy (non-hydrogen) atoms. The van der Waals surface area contributed by atoms with E-state index >= 15 is 0 Å². The molecule has 8 heteroatoms. The summed E-state index contributed by atoms with van der Waals surface area (Å²) in [5, 5.41) is 6.12. The van der Waals surface area contributed by atoms with E-state index in [0.717, 1.165) is 22.3 Å². The number of benzene rings is 1. The normalized spacial score (nSPS) is 14.5. The Balaban J connectivity index is 2.36. The Labute approximate surface area is 187 Å². The summed E-state index contributed by atoms with van der Waals surface area (Å²) in [4.78, 5) is 24.9. The number of hydrogen-bond acceptors (Lipinski definition) is 7. The van der Waals surface area contributed by atoms with Crippen molar-refractivity contribution in [2.45, 2.75) is 25.8 Å². The molecule has 1 aliphatic rings. The van der Waals surface area contributed by atoms with Crippen molar-refractivity contribution in [3.63, 3.8) is 0 Å². The zero-order chi connectivity index (χ0) is 22.5. The summed E-state index contributed by atoms with van der Waals surface area (Å²) in [5.41, 5.74) is 3.69. The monoisotopic (exact) mass is 444 g/mol. The number of carbonyl (C=O) groups is 1. The SMILES string of the molecule is COc1cc2c(c(OC)c1OC)-c1ccc(NCCS)c(=O)cc1C(NC(C)=O)CC2. The third-order valence-corrected chi connectivity index (χ3v) is 5.57. The van der Waals surface area contributed by atoms with Crippen molar-refractivity contribution in [3.05, 3.63) is 45.6 Å². The van der Waals surface area contributed by atoms with Crippen LogP contribution in [0.25, 0.3) is 11.1 Å². The molecule has 1 atom stereocenters. The lowest BCUT2D eigenvalue weighted by atomic mass is 9.95. The van der Waals surface area contributed by atoms with Crippen molar-refractivity contribution in [2.75, 3.05) is 38.9 Å². The van der Waals surface area contributed by atoms with E-state index < -0.39 is 0 Å². The summed E-state index contributed by atoms with van der Waals surface area (Å²) >= 11 is 4.21. The van der Waals surface area contributed by atoms with Gasteiger partial charge in [-0.3, -0.25) is 9.59 Å². The number of ether oxygens (including phenoxy) is 3. The maximum absolute atomic E-state index is 13.0. The Hall–Kier alpha value is -2.87. The van der Waals surface area contributed by atoms with E-state index in [1.54, 1.807) is 33.5 Å². The Kier molecular flexibility index (Phi) is 7.33. The fourth-order valence-electron chi connectivity index (χ4n) is 4.04. The van der Waals surface area contributed by atoms with Gasteiger partial charge in [0.2, 0.25) is 17.1 Å². The fourth-order valence-corrected chi connectivity index (χ4v) is 4.16. The molecule has 0 spiro atoms. The second-order valence-corrected chi connectivity index (χ2v) is 7.69. The molecule has 1 aliphatic carbocycles. The average molecular weight is 445 g/mol. The maximum atomic E-state index is 13.0. The molecule has 0 aliphatic heterocycles. The molecule has 166 valence electrons. The molecular formula is C23H28N2O5S. The van der Waals surface area contributed by atoms with E-state index in [-0.39, 0.29) is 17.4 Å². The van der Waals surface area contributed by atoms with Gasteiger partial charge < -0.3 is 24.8 Å². The number of aryl methyl sites for hydroxylation is 1. The smallest absolute Gasteiger partial charge is 0.217 e. The average Bonchev–Trinajstić information content (AvgIpc) is 2.99. The third kappa shape index (κ3) is 4.58. The summed E-state index contributed by atoms with van der Waals surface area (Å²) < 4.78 is 16.9. The van der Waals surface area contributed by atoms with Crippen molar-refractivity contribution in [1.29, 1.82) is 0 Å². The molecule has 0 saturated heterocycles. The van der Waals surface area contributed by atoms with Gasteiger partial charge in [0.05, 0.1) is 33.1 Å². The van der Waals surface area contributed by atoms with Gasteiger partial charge in [0, 0.05) is 24.8 Å². The van der Waals surface area contributed by atoms with Gasteiger partial charge in [0.15, 0.2) is 11.5 Å². The molecular weight excluding hydrogens is 416 g/mol. The van der Waals surface area contributed by atoms with E-state index in [4.69, 9.17) is 14.2 Å². The third-order valence-electron chi connectivity index (χ3n) is 5.34. The summed E-state index contributed by atoms with van der Waals surface area (Å²) in [6.45, 7) is 2.04. The fraction of sp³-hybridized carbons (Fsp3) is 0.391. The largest absolute Gasteiger partial charge is 0.493 e. The van der Waals surface area contributed by atoms with E-state index in [1.807, 2.05) is 12.1 Å². The molecule has 0 bridgehead atoms. The molecule has 1 unspecified atom stereocenters. The lowest BCUT2D eigenvalue weighted by Crippen LogP contribution is -2.26. The predicted octanol–water partition coefficient (Wildman–Crippen LogP) is 3.20. The molecule has 2 aromatic rings. The van der Waals surface area contributed by atoms with Gasteiger partial charge in [-0.1, -0.05) is 6.07 Å². The van der Waals surface area contributed by atoms with Crippen LogP contribution in [-0.4, -0.2) is 39.5 Å². The van der Waals surface area contributed by atoms with Crippen molar-refractivity contribution in [1.82, 2.24) is 5.32 Å². The van der Waals surface area contributed by atoms with Crippen LogP contribution in [-0.2, 0) is 11.2 Å². The van der Waals surface area contributed by atoms with E-state index in [2.05, 4.69) is 23.3 Å². The Morgan fingerprint density at radius 2 is 1.87 bits per heavy atom. The number of methoxy groups -OCH3 is 3. The Morgan fingerprint density at radius 3 is 2.48 bits per heavy atom. The second kappa shape index (κ2) is 9.96. The molecule has 7 nitrogen and oxygen atoms in total. The van der Waals surface area contributed by atoms with Gasteiger partial charge in [-0.25, -0.2) is 0 Å². The lowest BCUT2D eigenvalue weighted by molar-refractivity contribution is -0.119. The van der Waals surface area contributed by atoms with Gasteiger partial charge in [0.25, 0.3) is 0 Å². The number of rotatable bonds is 7. The quantitative estimate of drug-likeness (QED) is 0.569. The first-order valence-corrected chi connectivity index (χ1v) is 10.7. The van der Waals surface area contributed by atoms with Crippen molar-refractivity contribution in [3.8, 4) is 28.4 Å². The summed E-state index contributed by atoms with van der Waals surface area (Å²) in [7, 11) is 4.72. The second-order valence-electron chi connectivity index (χ2n) is 7.25. The van der Waals surface area contributed by atoms with Crippen molar-refractivity contribution >= 4 is 24.2 Å². The van der Waals surface area contributed by atoms with E-state index in [1.165, 1.54) is 6.92 Å². The first-order chi connectivity index (χ1) is 14.9. The van der Waals surface area contributed by atoms with Crippen LogP contribution in [0.2, 0.25) is 0 Å². The Bertz CT molecular complexity index is 1040. The van der Waals surface area contributed by atoms with E-state index in [9.17, 15) is 9.59 Å². The van der Waals surface area contributed by atoms with Crippen molar-refractivity contribution < 1.29 is 19.0 Å². The molecule has 3 rings (SSSR count). The summed E-state index contributed by atoms with van der Waals surface area (Å²) in [6.07, 6.45) is 1.29. The van der Waals surface area contributed by atoms with Crippen LogP contribution in [0.5, 0.6) is 17.2 Å². The van der Waals surface area contributed by atoms with Crippen LogP contribution in [0.1, 0.15) is 30.5 Å². The van der Waals surface area contributed by atoms with Gasteiger partial charge in [-0.15, -0.1) is 0 Å². The minimum Gasteiger partial charge on any atom is -0.493 e. The molecule has 0 aromatic heterocycles. The van der Waals surface area contributed by atoms with Crippen LogP contribution in [0.3, 0.4) is 0 Å². The number of nitrogens with one attached hydrogen (secondary N) is 2.